The molecular weight excluding hydrogens is 719 g/mol. The Balaban J connectivity index is 2.63. The lowest BCUT2D eigenvalue weighted by molar-refractivity contribution is -0.298. The van der Waals surface area contributed by atoms with Crippen LogP contribution >= 0.6 is 0 Å². The molecule has 1 saturated heterocycles. The molecule has 0 bridgehead atoms. The summed E-state index contributed by atoms with van der Waals surface area (Å²) in [5, 5.41) is 55.1. The third-order valence-electron chi connectivity index (χ3n) is 10.2. The first-order valence-corrected chi connectivity index (χ1v) is 22.5. The Labute approximate surface area is 326 Å². The van der Waals surface area contributed by atoms with E-state index in [-0.39, 0.29) is 6.42 Å². The Bertz CT molecular complexity index is 1050. The van der Waals surface area contributed by atoms with Crippen LogP contribution in [0.4, 0.5) is 0 Å². The van der Waals surface area contributed by atoms with Gasteiger partial charge < -0.3 is 40.3 Å². The Hall–Kier alpha value is -1.20. The van der Waals surface area contributed by atoms with Crippen LogP contribution in [-0.4, -0.2) is 107 Å². The van der Waals surface area contributed by atoms with Crippen LogP contribution in [-0.2, 0) is 28.9 Å². The van der Waals surface area contributed by atoms with Crippen LogP contribution in [0.1, 0.15) is 174 Å². The second kappa shape index (κ2) is 31.8. The summed E-state index contributed by atoms with van der Waals surface area (Å²) in [5.74, 6) is -0.681. The first-order valence-electron chi connectivity index (χ1n) is 21.2. The highest BCUT2D eigenvalue weighted by Crippen LogP contribution is 2.26. The number of aliphatic hydroxyl groups is 5. The smallest absolute Gasteiger partial charge is 0.394 e. The lowest BCUT2D eigenvalue weighted by Crippen LogP contribution is -2.61. The third-order valence-corrected chi connectivity index (χ3v) is 10.6. The molecule has 13 nitrogen and oxygen atoms in total. The van der Waals surface area contributed by atoms with E-state index < -0.39 is 78.5 Å². The number of amides is 1. The summed E-state index contributed by atoms with van der Waals surface area (Å²) in [5.41, 5.74) is 0. The van der Waals surface area contributed by atoms with Gasteiger partial charge in [-0.1, -0.05) is 148 Å². The van der Waals surface area contributed by atoms with Gasteiger partial charge in [0.1, 0.15) is 30.5 Å². The summed E-state index contributed by atoms with van der Waals surface area (Å²) in [4.78, 5) is 13.0. The van der Waals surface area contributed by atoms with Crippen LogP contribution in [0, 0.1) is 0 Å². The van der Waals surface area contributed by atoms with Crippen LogP contribution in [0.5, 0.6) is 0 Å². The fourth-order valence-electron chi connectivity index (χ4n) is 6.75. The molecule has 0 aromatic rings. The minimum atomic E-state index is -5.10. The van der Waals surface area contributed by atoms with Crippen LogP contribution in [0.3, 0.4) is 0 Å². The van der Waals surface area contributed by atoms with Gasteiger partial charge in [0.15, 0.2) is 6.29 Å². The SMILES string of the molecule is CCCCC/C=C\CCCCCCC(O)C(=O)NC(COC1OC(CO)C(O)C(OS(=O)(=O)O)C1O)C(O)CCCCCCCCCCCCCCCC. The van der Waals surface area contributed by atoms with E-state index in [9.17, 15) is 38.7 Å². The molecule has 1 aliphatic rings. The molecule has 1 heterocycles. The molecule has 1 aliphatic heterocycles. The summed E-state index contributed by atoms with van der Waals surface area (Å²) in [6.07, 6.45) is 19.8. The maximum Gasteiger partial charge on any atom is 0.397 e. The van der Waals surface area contributed by atoms with Gasteiger partial charge >= 0.3 is 10.4 Å². The van der Waals surface area contributed by atoms with Crippen LogP contribution in [0.2, 0.25) is 0 Å². The number of carbonyl (C=O) groups excluding carboxylic acids is 1. The fourth-order valence-corrected chi connectivity index (χ4v) is 7.26. The van der Waals surface area contributed by atoms with Crippen molar-refractivity contribution in [1.29, 1.82) is 0 Å². The van der Waals surface area contributed by atoms with Gasteiger partial charge in [0.2, 0.25) is 5.91 Å². The topological polar surface area (TPSA) is 212 Å². The zero-order valence-electron chi connectivity index (χ0n) is 33.4. The van der Waals surface area contributed by atoms with Crippen molar-refractivity contribution < 1.29 is 57.0 Å². The van der Waals surface area contributed by atoms with Gasteiger partial charge in [-0.2, -0.15) is 8.42 Å². The van der Waals surface area contributed by atoms with Crippen LogP contribution in [0.15, 0.2) is 12.2 Å². The van der Waals surface area contributed by atoms with Crippen LogP contribution < -0.4 is 5.32 Å². The number of aliphatic hydroxyl groups excluding tert-OH is 5. The van der Waals surface area contributed by atoms with Crippen molar-refractivity contribution in [3.05, 3.63) is 12.2 Å². The minimum Gasteiger partial charge on any atom is -0.394 e. The van der Waals surface area contributed by atoms with Gasteiger partial charge in [-0.3, -0.25) is 9.35 Å². The molecule has 0 aliphatic carbocycles. The second-order valence-electron chi connectivity index (χ2n) is 15.1. The quantitative estimate of drug-likeness (QED) is 0.0218. The number of unbranched alkanes of at least 4 members (excludes halogenated alkanes) is 20. The van der Waals surface area contributed by atoms with Crippen molar-refractivity contribution in [3.8, 4) is 0 Å². The Morgan fingerprint density at radius 2 is 1.19 bits per heavy atom. The summed E-state index contributed by atoms with van der Waals surface area (Å²) in [6, 6.07) is -1.03. The zero-order valence-corrected chi connectivity index (χ0v) is 34.2. The van der Waals surface area contributed by atoms with Gasteiger partial charge in [0, 0.05) is 0 Å². The van der Waals surface area contributed by atoms with E-state index in [4.69, 9.17) is 14.0 Å². The molecule has 1 rings (SSSR count). The molecule has 54 heavy (non-hydrogen) atoms. The summed E-state index contributed by atoms with van der Waals surface area (Å²) in [7, 11) is -5.10. The molecule has 8 atom stereocenters. The van der Waals surface area contributed by atoms with Crippen molar-refractivity contribution in [2.24, 2.45) is 0 Å². The highest BCUT2D eigenvalue weighted by Gasteiger charge is 2.48. The average Bonchev–Trinajstić information content (AvgIpc) is 3.14. The van der Waals surface area contributed by atoms with E-state index in [0.29, 0.717) is 19.3 Å². The van der Waals surface area contributed by atoms with Gasteiger partial charge in [0.05, 0.1) is 25.4 Å². The predicted octanol–water partition coefficient (Wildman–Crippen LogP) is 6.19. The molecular formula is C40H77NO12S. The van der Waals surface area contributed by atoms with Crippen molar-refractivity contribution >= 4 is 16.3 Å². The number of carbonyl (C=O) groups is 1. The highest BCUT2D eigenvalue weighted by molar-refractivity contribution is 7.80. The Morgan fingerprint density at radius 1 is 0.722 bits per heavy atom. The van der Waals surface area contributed by atoms with E-state index in [1.165, 1.54) is 83.5 Å². The van der Waals surface area contributed by atoms with Gasteiger partial charge in [-0.15, -0.1) is 0 Å². The maximum atomic E-state index is 13.0. The molecule has 320 valence electrons. The van der Waals surface area contributed by atoms with E-state index in [0.717, 1.165) is 51.4 Å². The molecule has 7 N–H and O–H groups in total. The first kappa shape index (κ1) is 50.8. The number of rotatable bonds is 35. The average molecular weight is 796 g/mol. The number of hydrogen-bond donors (Lipinski definition) is 7. The lowest BCUT2D eigenvalue weighted by atomic mass is 9.99. The van der Waals surface area contributed by atoms with E-state index >= 15 is 0 Å². The van der Waals surface area contributed by atoms with Crippen LogP contribution in [0.25, 0.3) is 0 Å². The number of nitrogens with one attached hydrogen (secondary N) is 1. The lowest BCUT2D eigenvalue weighted by Gasteiger charge is -2.41. The van der Waals surface area contributed by atoms with Gasteiger partial charge in [0.25, 0.3) is 0 Å². The molecule has 0 saturated carbocycles. The van der Waals surface area contributed by atoms with Crippen molar-refractivity contribution in [1.82, 2.24) is 5.32 Å². The molecule has 1 amide bonds. The summed E-state index contributed by atoms with van der Waals surface area (Å²) in [6.45, 7) is 3.21. The monoisotopic (exact) mass is 796 g/mol. The Kier molecular flexibility index (Phi) is 30.0. The number of hydrogen-bond acceptors (Lipinski definition) is 11. The second-order valence-corrected chi connectivity index (χ2v) is 16.1. The molecule has 8 unspecified atom stereocenters. The molecule has 1 fully saturated rings. The summed E-state index contributed by atoms with van der Waals surface area (Å²) < 4.78 is 47.4. The van der Waals surface area contributed by atoms with Crippen molar-refractivity contribution in [3.63, 3.8) is 0 Å². The normalized spacial score (nSPS) is 22.4. The Morgan fingerprint density at radius 3 is 1.70 bits per heavy atom. The molecule has 0 spiro atoms. The van der Waals surface area contributed by atoms with Crippen molar-refractivity contribution in [2.45, 2.75) is 223 Å². The molecule has 0 aromatic carbocycles. The minimum absolute atomic E-state index is 0.247. The number of allylic oxidation sites excluding steroid dienone is 2. The first-order chi connectivity index (χ1) is 25.9. The highest BCUT2D eigenvalue weighted by atomic mass is 32.3. The van der Waals surface area contributed by atoms with E-state index in [1.807, 2.05) is 0 Å². The standard InChI is InChI=1S/C40H77NO12S/c1-3-5-7-9-11-13-15-16-17-19-20-22-24-26-28-33(43)32(31-51-40-37(46)38(53-54(48,49)50)36(45)35(30-42)52-40)41-39(47)34(44)29-27-25-23-21-18-14-12-10-8-6-4-2/h12,14,32-38,40,42-46H,3-11,13,15-31H2,1-2H3,(H,41,47)(H,48,49,50)/b14-12-. The van der Waals surface area contributed by atoms with Gasteiger partial charge in [-0.05, 0) is 38.5 Å². The maximum absolute atomic E-state index is 13.0. The van der Waals surface area contributed by atoms with Gasteiger partial charge in [-0.25, -0.2) is 4.18 Å². The number of ether oxygens (including phenoxy) is 2. The summed E-state index contributed by atoms with van der Waals surface area (Å²) >= 11 is 0. The predicted molar refractivity (Wildman–Crippen MR) is 210 cm³/mol. The fraction of sp³-hybridized carbons (Fsp3) is 0.925. The van der Waals surface area contributed by atoms with E-state index in [2.05, 4.69) is 35.5 Å². The molecule has 14 heteroatoms. The van der Waals surface area contributed by atoms with Crippen molar-refractivity contribution in [2.75, 3.05) is 13.2 Å². The zero-order chi connectivity index (χ0) is 40.0. The molecule has 0 aromatic heterocycles. The molecule has 0 radical (unpaired) electrons. The largest absolute Gasteiger partial charge is 0.397 e. The third kappa shape index (κ3) is 24.4. The van der Waals surface area contributed by atoms with E-state index in [1.54, 1.807) is 0 Å².